The first-order valence-electron chi connectivity index (χ1n) is 8.53. The topological polar surface area (TPSA) is 46.6 Å². The second-order valence-electron chi connectivity index (χ2n) is 6.44. The van der Waals surface area contributed by atoms with Crippen LogP contribution in [0.3, 0.4) is 0 Å². The first kappa shape index (κ1) is 17.1. The highest BCUT2D eigenvalue weighted by Gasteiger charge is 2.57. The van der Waals surface area contributed by atoms with Crippen molar-refractivity contribution in [2.75, 3.05) is 5.75 Å². The minimum atomic E-state index is -0.637. The number of carbonyl (C=O) groups is 2. The van der Waals surface area contributed by atoms with E-state index in [1.165, 1.54) is 6.07 Å². The van der Waals surface area contributed by atoms with Gasteiger partial charge >= 0.3 is 5.97 Å². The van der Waals surface area contributed by atoms with Crippen molar-refractivity contribution in [2.45, 2.75) is 30.4 Å². The van der Waals surface area contributed by atoms with E-state index in [0.29, 0.717) is 24.2 Å². The number of esters is 1. The van der Waals surface area contributed by atoms with Crippen molar-refractivity contribution in [3.63, 3.8) is 0 Å². The molecule has 134 valence electrons. The summed E-state index contributed by atoms with van der Waals surface area (Å²) in [4.78, 5) is 26.3. The zero-order chi connectivity index (χ0) is 18.1. The lowest BCUT2D eigenvalue weighted by Gasteiger charge is -2.33. The zero-order valence-electron chi connectivity index (χ0n) is 14.1. The summed E-state index contributed by atoms with van der Waals surface area (Å²) in [7, 11) is 0. The number of halogens is 1. The fourth-order valence-electron chi connectivity index (χ4n) is 3.68. The van der Waals surface area contributed by atoms with Crippen molar-refractivity contribution in [1.29, 1.82) is 0 Å². The second-order valence-corrected chi connectivity index (χ2v) is 7.74. The predicted molar refractivity (Wildman–Crippen MR) is 96.6 cm³/mol. The fourth-order valence-corrected chi connectivity index (χ4v) is 5.31. The van der Waals surface area contributed by atoms with E-state index < -0.39 is 22.7 Å². The Hall–Kier alpha value is -2.34. The van der Waals surface area contributed by atoms with E-state index in [1.807, 2.05) is 30.3 Å². The zero-order valence-corrected chi connectivity index (χ0v) is 14.9. The molecule has 0 radical (unpaired) electrons. The van der Waals surface area contributed by atoms with Crippen LogP contribution in [-0.4, -0.2) is 28.6 Å². The third kappa shape index (κ3) is 2.78. The normalized spacial score (nSPS) is 24.6. The molecule has 0 spiro atoms. The maximum atomic E-state index is 13.7. The lowest BCUT2D eigenvalue weighted by molar-refractivity contribution is -0.155. The Morgan fingerprint density at radius 1 is 1.19 bits per heavy atom. The first-order valence-corrected chi connectivity index (χ1v) is 9.52. The lowest BCUT2D eigenvalue weighted by atomic mass is 10.0. The van der Waals surface area contributed by atoms with Gasteiger partial charge in [0, 0.05) is 17.7 Å². The summed E-state index contributed by atoms with van der Waals surface area (Å²) in [6, 6.07) is 15.4. The standard InChI is InChI=1S/C20H18FNO3S/c21-16-9-5-4-6-14(16)12-25-19(24)17-13-26-20(11-10-18(23)22(17)20)15-7-2-1-3-8-15/h1-9,17H,10-13H2/t17-,20+/m1/s1. The van der Waals surface area contributed by atoms with Gasteiger partial charge in [0.25, 0.3) is 0 Å². The van der Waals surface area contributed by atoms with Crippen molar-refractivity contribution in [3.05, 3.63) is 71.5 Å². The molecule has 0 aliphatic carbocycles. The number of nitrogens with zero attached hydrogens (tertiary/aromatic N) is 1. The third-order valence-corrected chi connectivity index (χ3v) is 6.55. The van der Waals surface area contributed by atoms with Crippen LogP contribution in [0.15, 0.2) is 54.6 Å². The minimum absolute atomic E-state index is 0.0355. The SMILES string of the molecule is O=C(OCc1ccccc1F)[C@H]1CS[C@]2(c3ccccc3)CCC(=O)N12. The lowest BCUT2D eigenvalue weighted by Crippen LogP contribution is -2.46. The van der Waals surface area contributed by atoms with Gasteiger partial charge < -0.3 is 9.64 Å². The first-order chi connectivity index (χ1) is 12.6. The van der Waals surface area contributed by atoms with E-state index in [1.54, 1.807) is 34.9 Å². The van der Waals surface area contributed by atoms with Gasteiger partial charge in [0.15, 0.2) is 0 Å². The van der Waals surface area contributed by atoms with Crippen molar-refractivity contribution in [3.8, 4) is 0 Å². The van der Waals surface area contributed by atoms with Gasteiger partial charge in [-0.1, -0.05) is 48.5 Å². The maximum Gasteiger partial charge on any atom is 0.330 e. The molecule has 2 aliphatic heterocycles. The van der Waals surface area contributed by atoms with Gasteiger partial charge in [0.2, 0.25) is 5.91 Å². The van der Waals surface area contributed by atoms with Gasteiger partial charge in [-0.15, -0.1) is 11.8 Å². The van der Waals surface area contributed by atoms with Crippen LogP contribution in [0.4, 0.5) is 4.39 Å². The molecule has 2 heterocycles. The molecule has 0 N–H and O–H groups in total. The largest absolute Gasteiger partial charge is 0.459 e. The number of amides is 1. The fraction of sp³-hybridized carbons (Fsp3) is 0.300. The number of carbonyl (C=O) groups excluding carboxylic acids is 2. The Morgan fingerprint density at radius 2 is 1.92 bits per heavy atom. The van der Waals surface area contributed by atoms with Crippen molar-refractivity contribution in [2.24, 2.45) is 0 Å². The number of thioether (sulfide) groups is 1. The van der Waals surface area contributed by atoms with Gasteiger partial charge in [0.1, 0.15) is 23.3 Å². The van der Waals surface area contributed by atoms with Crippen LogP contribution < -0.4 is 0 Å². The molecule has 1 amide bonds. The highest BCUT2D eigenvalue weighted by atomic mass is 32.2. The van der Waals surface area contributed by atoms with E-state index in [-0.39, 0.29) is 12.5 Å². The van der Waals surface area contributed by atoms with Crippen molar-refractivity contribution in [1.82, 2.24) is 4.90 Å². The quantitative estimate of drug-likeness (QED) is 0.773. The summed E-state index contributed by atoms with van der Waals surface area (Å²) in [6.45, 7) is -0.132. The molecule has 2 saturated heterocycles. The van der Waals surface area contributed by atoms with E-state index in [2.05, 4.69) is 0 Å². The van der Waals surface area contributed by atoms with Crippen LogP contribution in [0.5, 0.6) is 0 Å². The number of hydrogen-bond donors (Lipinski definition) is 0. The Kier molecular flexibility index (Phi) is 4.44. The molecular weight excluding hydrogens is 353 g/mol. The highest BCUT2D eigenvalue weighted by molar-refractivity contribution is 8.00. The number of benzene rings is 2. The van der Waals surface area contributed by atoms with Gasteiger partial charge in [-0.3, -0.25) is 4.79 Å². The number of fused-ring (bicyclic) bond motifs is 1. The van der Waals surface area contributed by atoms with E-state index in [9.17, 15) is 14.0 Å². The summed E-state index contributed by atoms with van der Waals surface area (Å²) in [5.74, 6) is -0.436. The molecule has 0 saturated carbocycles. The van der Waals surface area contributed by atoms with Gasteiger partial charge in [-0.05, 0) is 18.1 Å². The molecule has 2 aromatic rings. The van der Waals surface area contributed by atoms with Crippen LogP contribution >= 0.6 is 11.8 Å². The molecule has 0 unspecified atom stereocenters. The molecule has 4 nitrogen and oxygen atoms in total. The van der Waals surface area contributed by atoms with Gasteiger partial charge in [-0.2, -0.15) is 0 Å². The number of hydrogen-bond acceptors (Lipinski definition) is 4. The number of ether oxygens (including phenoxy) is 1. The van der Waals surface area contributed by atoms with E-state index in [4.69, 9.17) is 4.74 Å². The van der Waals surface area contributed by atoms with Gasteiger partial charge in [0.05, 0.1) is 0 Å². The summed E-state index contributed by atoms with van der Waals surface area (Å²) in [5, 5.41) is 0. The van der Waals surface area contributed by atoms with Crippen LogP contribution in [0, 0.1) is 5.82 Å². The highest BCUT2D eigenvalue weighted by Crippen LogP contribution is 2.54. The smallest absolute Gasteiger partial charge is 0.330 e. The molecule has 6 heteroatoms. The molecule has 4 rings (SSSR count). The summed E-state index contributed by atoms with van der Waals surface area (Å²) in [5.41, 5.74) is 1.36. The Balaban J connectivity index is 1.54. The molecule has 2 atom stereocenters. The van der Waals surface area contributed by atoms with Crippen LogP contribution in [0.25, 0.3) is 0 Å². The van der Waals surface area contributed by atoms with Crippen molar-refractivity contribution >= 4 is 23.6 Å². The molecule has 0 bridgehead atoms. The van der Waals surface area contributed by atoms with Crippen LogP contribution in [-0.2, 0) is 25.8 Å². The summed E-state index contributed by atoms with van der Waals surface area (Å²) < 4.78 is 19.1. The Labute approximate surface area is 155 Å². The Morgan fingerprint density at radius 3 is 2.69 bits per heavy atom. The van der Waals surface area contributed by atoms with Crippen LogP contribution in [0.1, 0.15) is 24.0 Å². The van der Waals surface area contributed by atoms with E-state index >= 15 is 0 Å². The molecule has 26 heavy (non-hydrogen) atoms. The number of rotatable bonds is 4. The molecule has 2 aliphatic rings. The molecule has 2 fully saturated rings. The second kappa shape index (κ2) is 6.76. The average molecular weight is 371 g/mol. The summed E-state index contributed by atoms with van der Waals surface area (Å²) in [6.07, 6.45) is 1.09. The average Bonchev–Trinajstić information content (AvgIpc) is 3.21. The minimum Gasteiger partial charge on any atom is -0.459 e. The third-order valence-electron chi connectivity index (χ3n) is 4.95. The van der Waals surface area contributed by atoms with Crippen molar-refractivity contribution < 1.29 is 18.7 Å². The summed E-state index contributed by atoms with van der Waals surface area (Å²) >= 11 is 1.61. The van der Waals surface area contributed by atoms with Crippen LogP contribution in [0.2, 0.25) is 0 Å². The monoisotopic (exact) mass is 371 g/mol. The molecule has 0 aromatic heterocycles. The molecule has 2 aromatic carbocycles. The Bertz CT molecular complexity index is 844. The maximum absolute atomic E-state index is 13.7. The van der Waals surface area contributed by atoms with Gasteiger partial charge in [-0.25, -0.2) is 9.18 Å². The van der Waals surface area contributed by atoms with E-state index in [0.717, 1.165) is 5.56 Å². The molecular formula is C20H18FNO3S. The predicted octanol–water partition coefficient (Wildman–Crippen LogP) is 3.46.